The molecule has 38 nitrogen and oxygen atoms in total. The zero-order chi connectivity index (χ0) is 87.5. The second-order valence-electron chi connectivity index (χ2n) is 39.8. The molecular weight excluding hydrogens is 1630 g/mol. The third-order valence-electron chi connectivity index (χ3n) is 19.3. The van der Waals surface area contributed by atoms with Crippen molar-refractivity contribution in [3.63, 3.8) is 0 Å². The summed E-state index contributed by atoms with van der Waals surface area (Å²) in [5, 5.41) is 0. The molecule has 0 saturated carbocycles. The van der Waals surface area contributed by atoms with Gasteiger partial charge in [0.25, 0.3) is 5.56 Å². The second-order valence-corrected chi connectivity index (χ2v) is 46.6. The molecule has 658 valence electrons. The highest BCUT2D eigenvalue weighted by molar-refractivity contribution is 8.07. The summed E-state index contributed by atoms with van der Waals surface area (Å²) in [7, 11) is -2.94. The number of nitrogens with two attached hydrogens (primary N) is 3. The maximum absolute atomic E-state index is 12.8. The average Bonchev–Trinajstić information content (AvgIpc) is 1.57. The van der Waals surface area contributed by atoms with Crippen molar-refractivity contribution in [3.8, 4) is 0 Å². The number of phosphoric acid groups is 1. The molecule has 7 aliphatic rings. The van der Waals surface area contributed by atoms with Crippen molar-refractivity contribution >= 4 is 95.8 Å². The molecule has 14 heterocycles. The Bertz CT molecular complexity index is 4860. The van der Waals surface area contributed by atoms with Crippen LogP contribution < -0.4 is 28.5 Å². The number of anilines is 3. The van der Waals surface area contributed by atoms with Gasteiger partial charge in [-0.05, 0) is 154 Å². The summed E-state index contributed by atoms with van der Waals surface area (Å²) < 4.78 is 110. The molecule has 19 atom stereocenters. The number of ether oxygens (including phenoxy) is 9. The molecule has 10 N–H and O–H groups in total. The number of fused-ring (bicyclic) bond motifs is 9. The fourth-order valence-corrected chi connectivity index (χ4v) is 22.1. The zero-order valence-electron chi connectivity index (χ0n) is 72.0. The van der Waals surface area contributed by atoms with E-state index >= 15 is 0 Å². The molecule has 7 aromatic heterocycles. The summed E-state index contributed by atoms with van der Waals surface area (Å²) in [6.45, 7) is 41.2. The Labute approximate surface area is 697 Å². The Morgan fingerprint density at radius 2 is 0.847 bits per heavy atom. The van der Waals surface area contributed by atoms with Crippen LogP contribution in [0.2, 0.25) is 0 Å². The molecule has 7 saturated heterocycles. The molecule has 6 bridgehead atoms. The van der Waals surface area contributed by atoms with Gasteiger partial charge in [-0.2, -0.15) is 0 Å². The van der Waals surface area contributed by atoms with Crippen LogP contribution >= 0.6 is 21.3 Å². The lowest BCUT2D eigenvalue weighted by Gasteiger charge is -2.38. The quantitative estimate of drug-likeness (QED) is 0.0370. The van der Waals surface area contributed by atoms with Crippen LogP contribution in [0, 0.1) is 21.7 Å². The number of nitrogens with zero attached hydrogens (tertiary/aromatic N) is 13. The van der Waals surface area contributed by atoms with E-state index in [-0.39, 0.29) is 63.9 Å². The van der Waals surface area contributed by atoms with Crippen molar-refractivity contribution < 1.29 is 89.0 Å². The first-order valence-corrected chi connectivity index (χ1v) is 45.7. The number of aromatic amines is 1. The van der Waals surface area contributed by atoms with Gasteiger partial charge in [0, 0.05) is 19.4 Å². The summed E-state index contributed by atoms with van der Waals surface area (Å²) in [6.07, 6.45) is 5.32. The highest BCUT2D eigenvalue weighted by Crippen LogP contribution is 2.62. The molecule has 0 radical (unpaired) electrons. The van der Waals surface area contributed by atoms with Crippen molar-refractivity contribution in [2.45, 2.75) is 311 Å². The lowest BCUT2D eigenvalue weighted by molar-refractivity contribution is -0.187. The molecule has 118 heavy (non-hydrogen) atoms. The Morgan fingerprint density at radius 3 is 1.19 bits per heavy atom. The molecule has 7 aliphatic heterocycles. The Hall–Kier alpha value is -5.46. The van der Waals surface area contributed by atoms with E-state index in [2.05, 4.69) is 133 Å². The average molecular weight is 1750 g/mol. The van der Waals surface area contributed by atoms with Crippen molar-refractivity contribution in [3.05, 3.63) is 71.1 Å². The van der Waals surface area contributed by atoms with Crippen LogP contribution in [-0.2, 0) is 98.0 Å². The number of rotatable bonds is 19. The Morgan fingerprint density at radius 1 is 0.483 bits per heavy atom. The van der Waals surface area contributed by atoms with E-state index in [9.17, 15) is 28.8 Å². The topological polar surface area (TPSA) is 480 Å². The fraction of sp³-hybridized carbons (Fsp3) is 0.747. The number of nitrogen functional groups attached to an aromatic ring is 3. The lowest BCUT2D eigenvalue weighted by Crippen LogP contribution is -2.47. The normalized spacial score (nSPS) is 30.1. The fourth-order valence-electron chi connectivity index (χ4n) is 16.2. The van der Waals surface area contributed by atoms with E-state index in [1.807, 2.05) is 46.1 Å². The van der Waals surface area contributed by atoms with Gasteiger partial charge in [-0.15, -0.1) is 0 Å². The summed E-state index contributed by atoms with van der Waals surface area (Å²) >= 11 is 10.6. The molecule has 7 aromatic rings. The van der Waals surface area contributed by atoms with Gasteiger partial charge in [0.15, 0.2) is 59.3 Å². The van der Waals surface area contributed by atoms with Crippen LogP contribution in [-0.4, -0.2) is 204 Å². The van der Waals surface area contributed by atoms with Crippen molar-refractivity contribution in [2.75, 3.05) is 44.1 Å². The minimum absolute atomic E-state index is 0.0657. The van der Waals surface area contributed by atoms with Crippen LogP contribution in [0.25, 0.3) is 33.5 Å². The van der Waals surface area contributed by atoms with Gasteiger partial charge in [-0.3, -0.25) is 46.1 Å². The minimum Gasteiger partial charge on any atom is -0.382 e. The van der Waals surface area contributed by atoms with E-state index < -0.39 is 128 Å². The van der Waals surface area contributed by atoms with Gasteiger partial charge < -0.3 is 83.6 Å². The standard InChI is InChI=1S/C19H30N5O6P.C19H30N5O5PS.C19H29N5O3.C18H31N2O7PS/c1-17(2,3)7-19-8-27-12(13(19)29-31(25,26)30-18(4,5)6)16(28-19)24-10-23-11-14(20)21-9-22-15(11)24;1-17(2,3)7-19-8-26-12(13(19)28-30(25,31)29-18(4,5)6)16(27-19)24-10-23-11-14(20)21-9-22-15(11)24;1-17(2,3)7-19-8-25-12(13(19)26-18(4,5)6)16(27-19)24-10-23-11-14(20)21-9-22-15(11)24;1-17(2,3)10-11-13(26-28(23,29)27-18(4,5)6)14(24-7)15(25-11)20-9-8-12(21)19-16(20)22/h9-10,12-13,16H,7-8H2,1-6H3,(H,25,26)(H2,20,21,22);9-10,12-13,16H,7-8H2,1-6H3,(H,25,31)(H2,20,21,22);9-10,12-13,16H,7-8H2,1-6H3,(H2,20,21,22);8-9,11,13-15H,10H2,1-7H3,(H,23,29)(H,19,21,22)/t12-,13+,16-,19+;12-,13+,16-,19+,30?;12-,13+,16-,19+;11-,13-,14-,15-,28?/m1111/s1. The molecule has 7 fully saturated rings. The summed E-state index contributed by atoms with van der Waals surface area (Å²) in [5.41, 5.74) is 14.7. The van der Waals surface area contributed by atoms with Gasteiger partial charge in [0.1, 0.15) is 101 Å². The predicted octanol–water partition coefficient (Wildman–Crippen LogP) is 10.7. The van der Waals surface area contributed by atoms with Crippen LogP contribution in [0.3, 0.4) is 0 Å². The van der Waals surface area contributed by atoms with Gasteiger partial charge in [0.05, 0.1) is 67.3 Å². The molecular formula is C75H120N17O21P3S2. The van der Waals surface area contributed by atoms with Crippen LogP contribution in [0.4, 0.5) is 17.5 Å². The zero-order valence-corrected chi connectivity index (χ0v) is 76.3. The van der Waals surface area contributed by atoms with E-state index in [0.29, 0.717) is 71.8 Å². The number of H-pyrrole nitrogens is 1. The predicted molar refractivity (Wildman–Crippen MR) is 444 cm³/mol. The Balaban J connectivity index is 0.000000154. The first kappa shape index (κ1) is 93.2. The first-order chi connectivity index (χ1) is 54.0. The molecule has 0 amide bonds. The third-order valence-corrected chi connectivity index (χ3v) is 24.1. The van der Waals surface area contributed by atoms with Gasteiger partial charge in [-0.1, -0.05) is 83.1 Å². The van der Waals surface area contributed by atoms with Crippen molar-refractivity contribution in [1.82, 2.24) is 68.1 Å². The number of hydrogen-bond donors (Lipinski definition) is 7. The monoisotopic (exact) mass is 1750 g/mol. The smallest absolute Gasteiger partial charge is 0.382 e. The van der Waals surface area contributed by atoms with Crippen LogP contribution in [0.1, 0.15) is 217 Å². The number of aromatic nitrogens is 14. The summed E-state index contributed by atoms with van der Waals surface area (Å²) in [4.78, 5) is 95.8. The maximum atomic E-state index is 12.8. The van der Waals surface area contributed by atoms with Crippen LogP contribution in [0.5, 0.6) is 0 Å². The van der Waals surface area contributed by atoms with Gasteiger partial charge >= 0.3 is 26.9 Å². The molecule has 0 spiro atoms. The SMILES string of the molecule is CC(C)(C)C[C@@]12CO[C@@H]([C@H](n3cnc4c(N)ncnc43)O1)[C@@H]2OC(C)(C)C.CC(C)(C)C[C@@]12CO[C@@H]([C@H](n3cnc4c(N)ncnc43)O1)[C@@H]2OP(=O)(O)OC(C)(C)C.CC(C)(C)C[C@@]12CO[C@@H]([C@H](n3cnc4c(N)ncnc43)O1)[C@@H]2OP(O)(=S)OC(C)(C)C.CO[C@@H]1[C@H](OP(O)(=S)OC(C)(C)C)[C@@H](CC(C)(C)C)O[C@H]1n1ccc(=O)[nH]c1=O. The second kappa shape index (κ2) is 33.2. The molecule has 14 rings (SSSR count). The first-order valence-electron chi connectivity index (χ1n) is 39.0. The van der Waals surface area contributed by atoms with E-state index in [4.69, 9.17) is 111 Å². The largest absolute Gasteiger partial charge is 0.473 e. The van der Waals surface area contributed by atoms with Crippen molar-refractivity contribution in [2.24, 2.45) is 21.7 Å². The van der Waals surface area contributed by atoms with E-state index in [0.717, 1.165) is 6.42 Å². The summed E-state index contributed by atoms with van der Waals surface area (Å²) in [5.74, 6) is 0.896. The molecule has 0 aliphatic carbocycles. The number of methoxy groups -OCH3 is 1. The van der Waals surface area contributed by atoms with Crippen molar-refractivity contribution in [1.29, 1.82) is 0 Å². The molecule has 3 unspecified atom stereocenters. The van der Waals surface area contributed by atoms with Gasteiger partial charge in [-0.25, -0.2) is 54.2 Å². The highest BCUT2D eigenvalue weighted by atomic mass is 32.5. The minimum atomic E-state index is -4.40. The van der Waals surface area contributed by atoms with E-state index in [1.54, 1.807) is 69.7 Å². The third kappa shape index (κ3) is 21.8. The lowest BCUT2D eigenvalue weighted by atomic mass is 9.80. The summed E-state index contributed by atoms with van der Waals surface area (Å²) in [6, 6.07) is 1.23. The number of phosphoric ester groups is 1. The molecule has 43 heteroatoms. The Kier molecular flexibility index (Phi) is 26.3. The number of nitrogens with one attached hydrogen (secondary N) is 1. The molecule has 0 aromatic carbocycles. The number of imidazole rings is 3. The van der Waals surface area contributed by atoms with E-state index in [1.165, 1.54) is 42.9 Å². The maximum Gasteiger partial charge on any atom is 0.473 e. The van der Waals surface area contributed by atoms with Crippen LogP contribution in [0.15, 0.2) is 59.8 Å². The highest BCUT2D eigenvalue weighted by Gasteiger charge is 2.68. The van der Waals surface area contributed by atoms with Gasteiger partial charge in [0.2, 0.25) is 0 Å². The number of hydrogen-bond acceptors (Lipinski definition) is 32.